The molecule has 2 N–H and O–H groups in total. The molecule has 1 saturated heterocycles. The maximum Gasteiger partial charge on any atom is 0.222 e. The number of ether oxygens (including phenoxy) is 1. The van der Waals surface area contributed by atoms with Crippen molar-refractivity contribution in [2.24, 2.45) is 0 Å². The number of nitrogen functional groups attached to an aromatic ring is 1. The molecular weight excluding hydrogens is 491 g/mol. The van der Waals surface area contributed by atoms with Gasteiger partial charge in [-0.3, -0.25) is 4.79 Å². The highest BCUT2D eigenvalue weighted by molar-refractivity contribution is 5.82. The Bertz CT molecular complexity index is 1400. The Morgan fingerprint density at radius 2 is 1.92 bits per heavy atom. The zero-order chi connectivity index (χ0) is 27.2. The van der Waals surface area contributed by atoms with Crippen LogP contribution in [0, 0.1) is 5.82 Å². The van der Waals surface area contributed by atoms with E-state index in [0.717, 1.165) is 60.9 Å². The molecule has 1 fully saturated rings. The van der Waals surface area contributed by atoms with Gasteiger partial charge in [-0.25, -0.2) is 9.37 Å². The number of piperidine rings is 1. The molecule has 2 aromatic carbocycles. The zero-order valence-electron chi connectivity index (χ0n) is 22.6. The Hall–Kier alpha value is -3.71. The summed E-state index contributed by atoms with van der Waals surface area (Å²) in [5, 5.41) is 0.921. The molecule has 204 valence electrons. The average Bonchev–Trinajstić information content (AvgIpc) is 3.34. The quantitative estimate of drug-likeness (QED) is 0.249. The van der Waals surface area contributed by atoms with E-state index in [-0.39, 0.29) is 17.6 Å². The number of benzene rings is 2. The van der Waals surface area contributed by atoms with E-state index in [0.29, 0.717) is 37.5 Å². The second-order valence-corrected chi connectivity index (χ2v) is 10.4. The van der Waals surface area contributed by atoms with E-state index in [4.69, 9.17) is 10.5 Å². The summed E-state index contributed by atoms with van der Waals surface area (Å²) in [6.45, 7) is 2.80. The van der Waals surface area contributed by atoms with E-state index in [1.807, 2.05) is 17.0 Å². The number of methoxy groups -OCH3 is 1. The lowest BCUT2D eigenvalue weighted by atomic mass is 9.94. The molecule has 4 aromatic rings. The van der Waals surface area contributed by atoms with Crippen LogP contribution in [0.15, 0.2) is 66.9 Å². The molecule has 0 saturated carbocycles. The number of likely N-dealkylation sites (tertiary alicyclic amines) is 1. The zero-order valence-corrected chi connectivity index (χ0v) is 22.6. The molecule has 6 nitrogen and oxygen atoms in total. The lowest BCUT2D eigenvalue weighted by Gasteiger charge is -2.33. The van der Waals surface area contributed by atoms with E-state index >= 15 is 0 Å². The first kappa shape index (κ1) is 26.9. The normalized spacial score (nSPS) is 15.6. The number of rotatable bonds is 10. The van der Waals surface area contributed by atoms with Gasteiger partial charge in [0.15, 0.2) is 0 Å². The minimum atomic E-state index is -0.196. The predicted octanol–water partition coefficient (Wildman–Crippen LogP) is 6.19. The molecule has 39 heavy (non-hydrogen) atoms. The summed E-state index contributed by atoms with van der Waals surface area (Å²) in [6.07, 6.45) is 6.75. The maximum absolute atomic E-state index is 14.8. The molecule has 2 aromatic heterocycles. The van der Waals surface area contributed by atoms with Crippen LogP contribution in [0.4, 0.5) is 10.2 Å². The fourth-order valence-electron chi connectivity index (χ4n) is 5.73. The molecule has 0 radical (unpaired) electrons. The summed E-state index contributed by atoms with van der Waals surface area (Å²) in [5.74, 6) is 0.724. The molecule has 1 aliphatic heterocycles. The van der Waals surface area contributed by atoms with Gasteiger partial charge in [0.1, 0.15) is 11.6 Å². The molecule has 1 amide bonds. The Labute approximate surface area is 229 Å². The van der Waals surface area contributed by atoms with Crippen molar-refractivity contribution >= 4 is 22.6 Å². The maximum atomic E-state index is 14.8. The van der Waals surface area contributed by atoms with Gasteiger partial charge in [-0.05, 0) is 67.5 Å². The minimum Gasteiger partial charge on any atom is -0.385 e. The van der Waals surface area contributed by atoms with Gasteiger partial charge >= 0.3 is 0 Å². The molecular formula is C32H37FN4O2. The van der Waals surface area contributed by atoms with Gasteiger partial charge in [0.05, 0.1) is 5.52 Å². The number of hydrogen-bond donors (Lipinski definition) is 1. The van der Waals surface area contributed by atoms with Crippen LogP contribution < -0.4 is 5.73 Å². The van der Waals surface area contributed by atoms with Crippen LogP contribution in [0.5, 0.6) is 0 Å². The number of pyridine rings is 1. The van der Waals surface area contributed by atoms with Crippen molar-refractivity contribution in [2.75, 3.05) is 32.5 Å². The third-order valence-corrected chi connectivity index (χ3v) is 7.76. The van der Waals surface area contributed by atoms with E-state index < -0.39 is 0 Å². The largest absolute Gasteiger partial charge is 0.385 e. The summed E-state index contributed by atoms with van der Waals surface area (Å²) in [7, 11) is 1.69. The first-order chi connectivity index (χ1) is 19.0. The summed E-state index contributed by atoms with van der Waals surface area (Å²) in [6, 6.07) is 19.6. The van der Waals surface area contributed by atoms with Crippen molar-refractivity contribution in [1.82, 2.24) is 14.5 Å². The fourth-order valence-corrected chi connectivity index (χ4v) is 5.73. The van der Waals surface area contributed by atoms with Gasteiger partial charge in [0.25, 0.3) is 0 Å². The average molecular weight is 529 g/mol. The van der Waals surface area contributed by atoms with Gasteiger partial charge in [-0.1, -0.05) is 36.4 Å². The molecule has 0 spiro atoms. The number of aromatic nitrogens is 2. The van der Waals surface area contributed by atoms with Crippen LogP contribution in [-0.4, -0.2) is 47.2 Å². The fraction of sp³-hybridized carbons (Fsp3) is 0.375. The number of anilines is 1. The predicted molar refractivity (Wildman–Crippen MR) is 154 cm³/mol. The number of carbonyl (C=O) groups excluding carboxylic acids is 1. The number of aryl methyl sites for hydroxylation is 2. The smallest absolute Gasteiger partial charge is 0.222 e. The SMILES string of the molecule is COCCCn1c(C2CCCN(C(=O)CCCc3ccc(-c4ccc(N)nc4)cc3)C2)cc2cccc(F)c21. The third-order valence-electron chi connectivity index (χ3n) is 7.76. The van der Waals surface area contributed by atoms with Crippen LogP contribution in [0.3, 0.4) is 0 Å². The van der Waals surface area contributed by atoms with Gasteiger partial charge in [-0.2, -0.15) is 0 Å². The van der Waals surface area contributed by atoms with Crippen LogP contribution in [-0.2, 0) is 22.5 Å². The number of carbonyl (C=O) groups is 1. The van der Waals surface area contributed by atoms with Crippen molar-refractivity contribution in [3.8, 4) is 11.1 Å². The van der Waals surface area contributed by atoms with Gasteiger partial charge in [0.2, 0.25) is 5.91 Å². The van der Waals surface area contributed by atoms with Gasteiger partial charge in [0, 0.05) is 68.5 Å². The summed E-state index contributed by atoms with van der Waals surface area (Å²) < 4.78 is 22.2. The molecule has 1 aliphatic rings. The summed E-state index contributed by atoms with van der Waals surface area (Å²) >= 11 is 0. The Morgan fingerprint density at radius 3 is 2.69 bits per heavy atom. The lowest BCUT2D eigenvalue weighted by Crippen LogP contribution is -2.39. The number of hydrogen-bond acceptors (Lipinski definition) is 4. The van der Waals surface area contributed by atoms with Crippen LogP contribution >= 0.6 is 0 Å². The standard InChI is InChI=1S/C32H37FN4O2/c1-39-19-5-18-37-29(20-25-7-3-9-28(33)32(25)37)27-8-4-17-36(22-27)31(38)10-2-6-23-11-13-24(14-12-23)26-15-16-30(34)35-21-26/h3,7,9,11-16,20-21,27H,2,4-6,8,10,17-19,22H2,1H3,(H2,34,35). The van der Waals surface area contributed by atoms with E-state index in [2.05, 4.69) is 39.9 Å². The molecule has 5 rings (SSSR count). The number of halogens is 1. The molecule has 7 heteroatoms. The molecule has 1 unspecified atom stereocenters. The highest BCUT2D eigenvalue weighted by Gasteiger charge is 2.27. The number of nitrogens with two attached hydrogens (primary N) is 1. The first-order valence-corrected chi connectivity index (χ1v) is 13.9. The molecule has 1 atom stereocenters. The number of nitrogens with zero attached hydrogens (tertiary/aromatic N) is 3. The first-order valence-electron chi connectivity index (χ1n) is 13.9. The summed E-state index contributed by atoms with van der Waals surface area (Å²) in [4.78, 5) is 19.4. The van der Waals surface area contributed by atoms with Gasteiger partial charge in [-0.15, -0.1) is 0 Å². The second-order valence-electron chi connectivity index (χ2n) is 10.4. The van der Waals surface area contributed by atoms with Crippen molar-refractivity contribution in [3.05, 3.63) is 83.9 Å². The van der Waals surface area contributed by atoms with Crippen LogP contribution in [0.1, 0.15) is 49.3 Å². The Morgan fingerprint density at radius 1 is 1.10 bits per heavy atom. The van der Waals surface area contributed by atoms with Crippen LogP contribution in [0.25, 0.3) is 22.0 Å². The van der Waals surface area contributed by atoms with Gasteiger partial charge < -0.3 is 19.9 Å². The van der Waals surface area contributed by atoms with Crippen LogP contribution in [0.2, 0.25) is 0 Å². The van der Waals surface area contributed by atoms with Crippen molar-refractivity contribution < 1.29 is 13.9 Å². The Kier molecular flexibility index (Phi) is 8.57. The third kappa shape index (κ3) is 6.31. The highest BCUT2D eigenvalue weighted by Crippen LogP contribution is 2.33. The Balaban J connectivity index is 1.19. The second kappa shape index (κ2) is 12.4. The topological polar surface area (TPSA) is 73.4 Å². The van der Waals surface area contributed by atoms with E-state index in [1.54, 1.807) is 25.4 Å². The van der Waals surface area contributed by atoms with E-state index in [1.165, 1.54) is 11.6 Å². The van der Waals surface area contributed by atoms with Crippen molar-refractivity contribution in [1.29, 1.82) is 0 Å². The summed E-state index contributed by atoms with van der Waals surface area (Å²) in [5.41, 5.74) is 10.8. The number of fused-ring (bicyclic) bond motifs is 1. The highest BCUT2D eigenvalue weighted by atomic mass is 19.1. The molecule has 0 bridgehead atoms. The number of amides is 1. The minimum absolute atomic E-state index is 0.196. The van der Waals surface area contributed by atoms with Crippen molar-refractivity contribution in [2.45, 2.75) is 51.0 Å². The van der Waals surface area contributed by atoms with E-state index in [9.17, 15) is 9.18 Å². The monoisotopic (exact) mass is 528 g/mol. The number of para-hydroxylation sites is 1. The molecule has 3 heterocycles. The lowest BCUT2D eigenvalue weighted by molar-refractivity contribution is -0.132. The molecule has 0 aliphatic carbocycles. The van der Waals surface area contributed by atoms with Crippen molar-refractivity contribution in [3.63, 3.8) is 0 Å².